The van der Waals surface area contributed by atoms with Gasteiger partial charge in [-0.15, -0.1) is 0 Å². The van der Waals surface area contributed by atoms with Crippen molar-refractivity contribution in [2.75, 3.05) is 10.6 Å². The van der Waals surface area contributed by atoms with Crippen LogP contribution in [0.3, 0.4) is 0 Å². The highest BCUT2D eigenvalue weighted by molar-refractivity contribution is 6.31. The number of halogens is 1. The summed E-state index contributed by atoms with van der Waals surface area (Å²) in [6, 6.07) is 17.5. The van der Waals surface area contributed by atoms with E-state index < -0.39 is 10.8 Å². The summed E-state index contributed by atoms with van der Waals surface area (Å²) in [6.45, 7) is 0.296. The molecule has 1 amide bonds. The maximum Gasteiger partial charge on any atom is 0.293 e. The van der Waals surface area contributed by atoms with Crippen LogP contribution in [0, 0.1) is 10.1 Å². The van der Waals surface area contributed by atoms with Crippen molar-refractivity contribution in [2.45, 2.75) is 6.54 Å². The molecule has 0 radical (unpaired) electrons. The van der Waals surface area contributed by atoms with Crippen molar-refractivity contribution in [1.82, 2.24) is 0 Å². The fourth-order valence-corrected chi connectivity index (χ4v) is 2.78. The van der Waals surface area contributed by atoms with E-state index in [9.17, 15) is 20.0 Å². The second-order valence-electron chi connectivity index (χ2n) is 5.91. The van der Waals surface area contributed by atoms with Crippen LogP contribution in [0.4, 0.5) is 17.1 Å². The maximum atomic E-state index is 12.4. The van der Waals surface area contributed by atoms with Crippen molar-refractivity contribution in [3.8, 4) is 5.75 Å². The SMILES string of the molecule is O=C(Nc1ccccc1O)c1ccc(NCc2ccccc2Cl)c([N+](=O)[O-])c1. The van der Waals surface area contributed by atoms with Crippen LogP contribution in [0.25, 0.3) is 0 Å². The summed E-state index contributed by atoms with van der Waals surface area (Å²) in [4.78, 5) is 23.3. The van der Waals surface area contributed by atoms with E-state index in [0.717, 1.165) is 5.56 Å². The zero-order valence-corrected chi connectivity index (χ0v) is 15.3. The number of benzene rings is 3. The highest BCUT2D eigenvalue weighted by Gasteiger charge is 2.18. The summed E-state index contributed by atoms with van der Waals surface area (Å²) in [5.74, 6) is -0.661. The summed E-state index contributed by atoms with van der Waals surface area (Å²) in [5.41, 5.74) is 1.13. The van der Waals surface area contributed by atoms with Gasteiger partial charge in [0.2, 0.25) is 0 Å². The molecule has 3 N–H and O–H groups in total. The molecule has 0 fully saturated rings. The van der Waals surface area contributed by atoms with Gasteiger partial charge in [0.15, 0.2) is 0 Å². The van der Waals surface area contributed by atoms with E-state index in [-0.39, 0.29) is 28.4 Å². The van der Waals surface area contributed by atoms with Gasteiger partial charge in [-0.25, -0.2) is 0 Å². The first-order chi connectivity index (χ1) is 13.5. The molecular weight excluding hydrogens is 382 g/mol. The molecule has 0 saturated heterocycles. The Morgan fingerprint density at radius 1 is 1.04 bits per heavy atom. The first-order valence-electron chi connectivity index (χ1n) is 8.31. The number of anilines is 2. The summed E-state index contributed by atoms with van der Waals surface area (Å²) in [6.07, 6.45) is 0. The van der Waals surface area contributed by atoms with Crippen molar-refractivity contribution in [3.05, 3.63) is 93.0 Å². The van der Waals surface area contributed by atoms with E-state index in [2.05, 4.69) is 10.6 Å². The van der Waals surface area contributed by atoms with Crippen molar-refractivity contribution in [3.63, 3.8) is 0 Å². The molecule has 0 aliphatic carbocycles. The molecular formula is C20H16ClN3O4. The number of nitro groups is 1. The van der Waals surface area contributed by atoms with Crippen LogP contribution in [0.1, 0.15) is 15.9 Å². The number of phenolic OH excluding ortho intramolecular Hbond substituents is 1. The average molecular weight is 398 g/mol. The van der Waals surface area contributed by atoms with Gasteiger partial charge in [0.1, 0.15) is 11.4 Å². The number of rotatable bonds is 6. The smallest absolute Gasteiger partial charge is 0.293 e. The lowest BCUT2D eigenvalue weighted by atomic mass is 10.1. The van der Waals surface area contributed by atoms with Gasteiger partial charge < -0.3 is 15.7 Å². The van der Waals surface area contributed by atoms with E-state index in [1.807, 2.05) is 12.1 Å². The van der Waals surface area contributed by atoms with Gasteiger partial charge in [0.05, 0.1) is 10.6 Å². The third kappa shape index (κ3) is 4.39. The Morgan fingerprint density at radius 3 is 2.46 bits per heavy atom. The number of hydrogen-bond donors (Lipinski definition) is 3. The zero-order chi connectivity index (χ0) is 20.1. The minimum absolute atomic E-state index is 0.0941. The van der Waals surface area contributed by atoms with Gasteiger partial charge in [0.25, 0.3) is 11.6 Å². The van der Waals surface area contributed by atoms with E-state index in [1.165, 1.54) is 30.3 Å². The molecule has 7 nitrogen and oxygen atoms in total. The van der Waals surface area contributed by atoms with Gasteiger partial charge in [-0.1, -0.05) is 41.9 Å². The zero-order valence-electron chi connectivity index (χ0n) is 14.6. The minimum Gasteiger partial charge on any atom is -0.506 e. The number of aromatic hydroxyl groups is 1. The highest BCUT2D eigenvalue weighted by Crippen LogP contribution is 2.28. The molecule has 142 valence electrons. The lowest BCUT2D eigenvalue weighted by Crippen LogP contribution is -2.13. The van der Waals surface area contributed by atoms with E-state index in [1.54, 1.807) is 24.3 Å². The third-order valence-corrected chi connectivity index (χ3v) is 4.40. The topological polar surface area (TPSA) is 104 Å². The molecule has 0 aromatic heterocycles. The number of phenols is 1. The van der Waals surface area contributed by atoms with E-state index in [4.69, 9.17) is 11.6 Å². The van der Waals surface area contributed by atoms with Gasteiger partial charge in [-0.2, -0.15) is 0 Å². The molecule has 0 aliphatic heterocycles. The Labute approximate surface area is 165 Å². The minimum atomic E-state index is -0.567. The van der Waals surface area contributed by atoms with E-state index >= 15 is 0 Å². The number of amides is 1. The number of carbonyl (C=O) groups excluding carboxylic acids is 1. The largest absolute Gasteiger partial charge is 0.506 e. The molecule has 0 bridgehead atoms. The second kappa shape index (κ2) is 8.41. The molecule has 0 atom stereocenters. The summed E-state index contributed by atoms with van der Waals surface area (Å²) >= 11 is 6.10. The first kappa shape index (κ1) is 19.2. The Morgan fingerprint density at radius 2 is 1.75 bits per heavy atom. The summed E-state index contributed by atoms with van der Waals surface area (Å²) < 4.78 is 0. The molecule has 0 saturated carbocycles. The predicted octanol–water partition coefficient (Wildman–Crippen LogP) is 4.82. The Bertz CT molecular complexity index is 1040. The Kier molecular flexibility index (Phi) is 5.76. The van der Waals surface area contributed by atoms with Crippen molar-refractivity contribution >= 4 is 34.6 Å². The monoisotopic (exact) mass is 397 g/mol. The van der Waals surface area contributed by atoms with Crippen LogP contribution in [0.2, 0.25) is 5.02 Å². The highest BCUT2D eigenvalue weighted by atomic mass is 35.5. The number of nitrogens with zero attached hydrogens (tertiary/aromatic N) is 1. The van der Waals surface area contributed by atoms with Gasteiger partial charge >= 0.3 is 0 Å². The first-order valence-corrected chi connectivity index (χ1v) is 8.68. The van der Waals surface area contributed by atoms with Crippen LogP contribution < -0.4 is 10.6 Å². The van der Waals surface area contributed by atoms with Crippen LogP contribution in [0.15, 0.2) is 66.7 Å². The number of carbonyl (C=O) groups is 1. The third-order valence-electron chi connectivity index (χ3n) is 4.04. The molecule has 3 aromatic carbocycles. The number of nitrogens with one attached hydrogen (secondary N) is 2. The normalized spacial score (nSPS) is 10.3. The number of nitro benzene ring substituents is 1. The molecule has 0 unspecified atom stereocenters. The summed E-state index contributed by atoms with van der Waals surface area (Å²) in [5, 5.41) is 27.3. The van der Waals surface area contributed by atoms with Crippen molar-refractivity contribution in [1.29, 1.82) is 0 Å². The van der Waals surface area contributed by atoms with E-state index in [0.29, 0.717) is 11.6 Å². The molecule has 8 heteroatoms. The van der Waals surface area contributed by atoms with Crippen LogP contribution in [0.5, 0.6) is 5.75 Å². The average Bonchev–Trinajstić information content (AvgIpc) is 2.69. The molecule has 3 aromatic rings. The van der Waals surface area contributed by atoms with Gasteiger partial charge in [0, 0.05) is 23.2 Å². The van der Waals surface area contributed by atoms with Crippen molar-refractivity contribution in [2.24, 2.45) is 0 Å². The number of para-hydroxylation sites is 2. The molecule has 28 heavy (non-hydrogen) atoms. The maximum absolute atomic E-state index is 12.4. The van der Waals surface area contributed by atoms with Crippen molar-refractivity contribution < 1.29 is 14.8 Å². The molecule has 0 heterocycles. The Balaban J connectivity index is 1.81. The van der Waals surface area contributed by atoms with Crippen LogP contribution >= 0.6 is 11.6 Å². The molecule has 0 aliphatic rings. The Hall–Kier alpha value is -3.58. The molecule has 0 spiro atoms. The van der Waals surface area contributed by atoms with Crippen LogP contribution in [-0.4, -0.2) is 15.9 Å². The van der Waals surface area contributed by atoms with Gasteiger partial charge in [-0.3, -0.25) is 14.9 Å². The lowest BCUT2D eigenvalue weighted by Gasteiger charge is -2.11. The van der Waals surface area contributed by atoms with Crippen LogP contribution in [-0.2, 0) is 6.54 Å². The standard InChI is InChI=1S/C20H16ClN3O4/c21-15-6-2-1-5-14(15)12-22-16-10-9-13(11-18(16)24(27)28)20(26)23-17-7-3-4-8-19(17)25/h1-11,22,25H,12H2,(H,23,26). The lowest BCUT2D eigenvalue weighted by molar-refractivity contribution is -0.384. The predicted molar refractivity (Wildman–Crippen MR) is 108 cm³/mol. The summed E-state index contributed by atoms with van der Waals surface area (Å²) in [7, 11) is 0. The fourth-order valence-electron chi connectivity index (χ4n) is 2.58. The fraction of sp³-hybridized carbons (Fsp3) is 0.0500. The second-order valence-corrected chi connectivity index (χ2v) is 6.31. The number of hydrogen-bond acceptors (Lipinski definition) is 5. The van der Waals surface area contributed by atoms with Gasteiger partial charge in [-0.05, 0) is 35.9 Å². The molecule has 3 rings (SSSR count). The quantitative estimate of drug-likeness (QED) is 0.314.